The van der Waals surface area contributed by atoms with Gasteiger partial charge < -0.3 is 5.11 Å². The van der Waals surface area contributed by atoms with Gasteiger partial charge in [0.05, 0.1) is 17.3 Å². The number of hydrogen-bond acceptors (Lipinski definition) is 3. The second-order valence-corrected chi connectivity index (χ2v) is 4.08. The van der Waals surface area contributed by atoms with E-state index in [1.165, 1.54) is 19.2 Å². The van der Waals surface area contributed by atoms with Gasteiger partial charge in [-0.15, -0.1) is 0 Å². The molecule has 0 aliphatic rings. The van der Waals surface area contributed by atoms with Gasteiger partial charge in [-0.05, 0) is 12.1 Å². The van der Waals surface area contributed by atoms with E-state index in [1.54, 1.807) is 0 Å². The number of aromatic nitrogens is 2. The van der Waals surface area contributed by atoms with Gasteiger partial charge >= 0.3 is 11.7 Å². The van der Waals surface area contributed by atoms with Crippen molar-refractivity contribution in [1.29, 1.82) is 0 Å². The first-order valence-corrected chi connectivity index (χ1v) is 5.53. The van der Waals surface area contributed by atoms with Crippen LogP contribution in [0.4, 0.5) is 4.39 Å². The first-order valence-electron chi connectivity index (χ1n) is 5.53. The second-order valence-electron chi connectivity index (χ2n) is 4.08. The van der Waals surface area contributed by atoms with Crippen molar-refractivity contribution in [2.75, 3.05) is 0 Å². The lowest BCUT2D eigenvalue weighted by Gasteiger charge is -2.10. The van der Waals surface area contributed by atoms with E-state index in [4.69, 9.17) is 5.11 Å². The maximum absolute atomic E-state index is 13.7. The van der Waals surface area contributed by atoms with Gasteiger partial charge in [-0.1, -0.05) is 6.07 Å². The Hall–Kier alpha value is -2.44. The Bertz CT molecular complexity index is 776. The highest BCUT2D eigenvalue weighted by atomic mass is 19.1. The molecule has 0 spiro atoms. The van der Waals surface area contributed by atoms with E-state index in [-0.39, 0.29) is 23.9 Å². The predicted molar refractivity (Wildman–Crippen MR) is 65.7 cm³/mol. The number of rotatable bonds is 3. The van der Waals surface area contributed by atoms with Crippen molar-refractivity contribution in [3.8, 4) is 0 Å². The van der Waals surface area contributed by atoms with Gasteiger partial charge in [0, 0.05) is 13.6 Å². The van der Waals surface area contributed by atoms with Crippen LogP contribution in [-0.4, -0.2) is 20.2 Å². The summed E-state index contributed by atoms with van der Waals surface area (Å²) in [6.45, 7) is -0.243. The molecule has 0 unspecified atom stereocenters. The summed E-state index contributed by atoms with van der Waals surface area (Å²) in [4.78, 5) is 34.5. The molecular weight excluding hydrogens is 255 g/mol. The van der Waals surface area contributed by atoms with E-state index >= 15 is 0 Å². The highest BCUT2D eigenvalue weighted by Crippen LogP contribution is 2.11. The number of aliphatic carboxylic acids is 1. The van der Waals surface area contributed by atoms with Gasteiger partial charge in [-0.25, -0.2) is 9.18 Å². The summed E-state index contributed by atoms with van der Waals surface area (Å²) in [6, 6.07) is 3.92. The molecule has 0 radical (unpaired) electrons. The van der Waals surface area contributed by atoms with Crippen LogP contribution in [0.3, 0.4) is 0 Å². The molecule has 0 saturated carbocycles. The summed E-state index contributed by atoms with van der Waals surface area (Å²) in [5, 5.41) is 8.65. The Kier molecular flexibility index (Phi) is 3.20. The summed E-state index contributed by atoms with van der Waals surface area (Å²) < 4.78 is 15.5. The monoisotopic (exact) mass is 266 g/mol. The average molecular weight is 266 g/mol. The van der Waals surface area contributed by atoms with Crippen molar-refractivity contribution in [3.05, 3.63) is 44.9 Å². The van der Waals surface area contributed by atoms with Crippen LogP contribution in [0.5, 0.6) is 0 Å². The number of fused-ring (bicyclic) bond motifs is 1. The maximum atomic E-state index is 13.7. The molecule has 7 heteroatoms. The molecule has 0 saturated heterocycles. The fraction of sp³-hybridized carbons (Fsp3) is 0.250. The predicted octanol–water partition coefficient (Wildman–Crippen LogP) is 0.314. The molecule has 0 atom stereocenters. The fourth-order valence-electron chi connectivity index (χ4n) is 1.94. The van der Waals surface area contributed by atoms with Gasteiger partial charge in [0.1, 0.15) is 5.82 Å². The number of carboxylic acid groups (broad SMARTS) is 1. The van der Waals surface area contributed by atoms with E-state index in [0.717, 1.165) is 15.2 Å². The molecule has 19 heavy (non-hydrogen) atoms. The number of benzene rings is 1. The standard InChI is InChI=1S/C12H11FN2O4/c1-14-10-7(3-2-4-8(10)13)11(18)15(12(14)19)6-5-9(16)17/h2-4H,5-6H2,1H3,(H,16,17). The quantitative estimate of drug-likeness (QED) is 0.867. The van der Waals surface area contributed by atoms with E-state index in [9.17, 15) is 18.8 Å². The minimum absolute atomic E-state index is 0.0486. The average Bonchev–Trinajstić information content (AvgIpc) is 2.35. The van der Waals surface area contributed by atoms with Crippen LogP contribution in [0.2, 0.25) is 0 Å². The summed E-state index contributed by atoms with van der Waals surface area (Å²) >= 11 is 0. The Morgan fingerprint density at radius 2 is 2.05 bits per heavy atom. The lowest BCUT2D eigenvalue weighted by atomic mass is 10.2. The zero-order chi connectivity index (χ0) is 14.2. The summed E-state index contributed by atoms with van der Waals surface area (Å²) in [7, 11) is 1.34. The van der Waals surface area contributed by atoms with E-state index in [0.29, 0.717) is 0 Å². The number of aryl methyl sites for hydroxylation is 1. The number of carbonyl (C=O) groups is 1. The number of para-hydroxylation sites is 1. The Morgan fingerprint density at radius 1 is 1.37 bits per heavy atom. The van der Waals surface area contributed by atoms with Crippen LogP contribution in [0, 0.1) is 5.82 Å². The molecule has 6 nitrogen and oxygen atoms in total. The topological polar surface area (TPSA) is 81.3 Å². The second kappa shape index (κ2) is 4.68. The zero-order valence-corrected chi connectivity index (χ0v) is 10.1. The Labute approximate surface area is 106 Å². The van der Waals surface area contributed by atoms with Gasteiger partial charge in [-0.3, -0.25) is 18.7 Å². The fourth-order valence-corrected chi connectivity index (χ4v) is 1.94. The summed E-state index contributed by atoms with van der Waals surface area (Å²) in [6.07, 6.45) is -0.351. The normalized spacial score (nSPS) is 10.8. The molecule has 1 aromatic heterocycles. The SMILES string of the molecule is Cn1c(=O)n(CCC(=O)O)c(=O)c2cccc(F)c21. The number of nitrogens with zero attached hydrogens (tertiary/aromatic N) is 2. The van der Waals surface area contributed by atoms with Crippen LogP contribution in [-0.2, 0) is 18.4 Å². The highest BCUT2D eigenvalue weighted by molar-refractivity contribution is 5.78. The van der Waals surface area contributed by atoms with E-state index in [2.05, 4.69) is 0 Å². The number of carboxylic acids is 1. The smallest absolute Gasteiger partial charge is 0.331 e. The lowest BCUT2D eigenvalue weighted by Crippen LogP contribution is -2.39. The summed E-state index contributed by atoms with van der Waals surface area (Å²) in [5.41, 5.74) is -1.49. The molecule has 0 aliphatic heterocycles. The molecule has 0 fully saturated rings. The molecule has 2 rings (SSSR count). The van der Waals surface area contributed by atoms with Gasteiger partial charge in [-0.2, -0.15) is 0 Å². The van der Waals surface area contributed by atoms with E-state index in [1.807, 2.05) is 0 Å². The number of halogens is 1. The zero-order valence-electron chi connectivity index (χ0n) is 10.1. The van der Waals surface area contributed by atoms with Crippen LogP contribution in [0.1, 0.15) is 6.42 Å². The minimum atomic E-state index is -1.12. The summed E-state index contributed by atoms with van der Waals surface area (Å²) in [5.74, 6) is -1.78. The molecule has 1 aromatic carbocycles. The van der Waals surface area contributed by atoms with Crippen LogP contribution >= 0.6 is 0 Å². The van der Waals surface area contributed by atoms with Crippen molar-refractivity contribution in [2.24, 2.45) is 7.05 Å². The van der Waals surface area contributed by atoms with Crippen molar-refractivity contribution >= 4 is 16.9 Å². The van der Waals surface area contributed by atoms with Crippen molar-refractivity contribution in [1.82, 2.24) is 9.13 Å². The first kappa shape index (κ1) is 13.0. The Morgan fingerprint density at radius 3 is 2.68 bits per heavy atom. The van der Waals surface area contributed by atoms with Crippen LogP contribution in [0.15, 0.2) is 27.8 Å². The number of hydrogen-bond donors (Lipinski definition) is 1. The minimum Gasteiger partial charge on any atom is -0.481 e. The molecule has 1 heterocycles. The third-order valence-electron chi connectivity index (χ3n) is 2.86. The molecule has 0 amide bonds. The van der Waals surface area contributed by atoms with Crippen LogP contribution in [0.25, 0.3) is 10.9 Å². The van der Waals surface area contributed by atoms with Crippen molar-refractivity contribution < 1.29 is 14.3 Å². The van der Waals surface area contributed by atoms with Crippen molar-refractivity contribution in [2.45, 2.75) is 13.0 Å². The van der Waals surface area contributed by atoms with Crippen molar-refractivity contribution in [3.63, 3.8) is 0 Å². The molecule has 1 N–H and O–H groups in total. The van der Waals surface area contributed by atoms with Gasteiger partial charge in [0.2, 0.25) is 0 Å². The molecule has 2 aromatic rings. The molecule has 0 bridgehead atoms. The molecular formula is C12H11FN2O4. The first-order chi connectivity index (χ1) is 8.93. The van der Waals surface area contributed by atoms with Gasteiger partial charge in [0.15, 0.2) is 0 Å². The largest absolute Gasteiger partial charge is 0.481 e. The van der Waals surface area contributed by atoms with Gasteiger partial charge in [0.25, 0.3) is 5.56 Å². The van der Waals surface area contributed by atoms with Crippen LogP contribution < -0.4 is 11.2 Å². The third kappa shape index (κ3) is 2.14. The highest BCUT2D eigenvalue weighted by Gasteiger charge is 2.14. The maximum Gasteiger partial charge on any atom is 0.331 e. The third-order valence-corrected chi connectivity index (χ3v) is 2.86. The molecule has 100 valence electrons. The molecule has 0 aliphatic carbocycles. The lowest BCUT2D eigenvalue weighted by molar-refractivity contribution is -0.137. The van der Waals surface area contributed by atoms with E-state index < -0.39 is 23.0 Å². The Balaban J connectivity index is 2.78.